The zero-order valence-electron chi connectivity index (χ0n) is 15.1. The molecule has 2 atom stereocenters. The number of carboxylic acid groups (broad SMARTS) is 1. The van der Waals surface area contributed by atoms with E-state index in [1.54, 1.807) is 24.3 Å². The second kappa shape index (κ2) is 7.22. The van der Waals surface area contributed by atoms with E-state index in [-0.39, 0.29) is 17.4 Å². The van der Waals surface area contributed by atoms with Crippen LogP contribution in [-0.2, 0) is 17.6 Å². The van der Waals surface area contributed by atoms with Crippen molar-refractivity contribution in [3.63, 3.8) is 0 Å². The van der Waals surface area contributed by atoms with Gasteiger partial charge in [0.1, 0.15) is 6.23 Å². The van der Waals surface area contributed by atoms with Gasteiger partial charge in [-0.15, -0.1) is 0 Å². The average molecular weight is 364 g/mol. The number of carbonyl (C=O) groups is 2. The van der Waals surface area contributed by atoms with Crippen molar-refractivity contribution in [2.24, 2.45) is 5.92 Å². The number of aryl methyl sites for hydroxylation is 1. The fourth-order valence-electron chi connectivity index (χ4n) is 3.64. The zero-order valence-corrected chi connectivity index (χ0v) is 15.1. The summed E-state index contributed by atoms with van der Waals surface area (Å²) in [6.45, 7) is 3.31. The third-order valence-electron chi connectivity index (χ3n) is 5.05. The molecule has 0 aromatic heterocycles. The molecule has 1 heterocycles. The van der Waals surface area contributed by atoms with E-state index >= 15 is 0 Å². The Balaban J connectivity index is 2.01. The zero-order chi connectivity index (χ0) is 19.7. The Hall–Kier alpha value is -3.17. The van der Waals surface area contributed by atoms with Crippen LogP contribution in [0, 0.1) is 24.2 Å². The number of fused-ring (bicyclic) bond motifs is 1. The van der Waals surface area contributed by atoms with Crippen molar-refractivity contribution in [1.82, 2.24) is 0 Å². The van der Waals surface area contributed by atoms with Gasteiger partial charge >= 0.3 is 5.97 Å². The smallest absolute Gasteiger partial charge is 0.335 e. The predicted octanol–water partition coefficient (Wildman–Crippen LogP) is 2.65. The molecule has 0 radical (unpaired) electrons. The van der Waals surface area contributed by atoms with Crippen molar-refractivity contribution in [2.45, 2.75) is 32.9 Å². The number of anilines is 1. The van der Waals surface area contributed by atoms with Gasteiger partial charge in [0.2, 0.25) is 5.91 Å². The van der Waals surface area contributed by atoms with Gasteiger partial charge in [-0.3, -0.25) is 9.69 Å². The first-order valence-electron chi connectivity index (χ1n) is 8.65. The SMILES string of the molecule is CC(=O)N1c2ccc(C(=O)O)cc2C[C@@H](Cc2cc(C#N)ccc2C)[C@@H]1O. The lowest BCUT2D eigenvalue weighted by atomic mass is 9.84. The maximum absolute atomic E-state index is 12.2. The Kier molecular flexibility index (Phi) is 4.98. The van der Waals surface area contributed by atoms with Crippen LogP contribution in [0.5, 0.6) is 0 Å². The number of aromatic carboxylic acids is 1. The van der Waals surface area contributed by atoms with E-state index in [4.69, 9.17) is 5.26 Å². The molecule has 0 fully saturated rings. The highest BCUT2D eigenvalue weighted by Crippen LogP contribution is 2.36. The van der Waals surface area contributed by atoms with Crippen LogP contribution in [0.3, 0.4) is 0 Å². The highest BCUT2D eigenvalue weighted by Gasteiger charge is 2.35. The van der Waals surface area contributed by atoms with Gasteiger partial charge in [-0.05, 0) is 66.8 Å². The molecule has 27 heavy (non-hydrogen) atoms. The summed E-state index contributed by atoms with van der Waals surface area (Å²) in [5, 5.41) is 29.2. The number of carboxylic acids is 1. The van der Waals surface area contributed by atoms with Crippen LogP contribution in [0.25, 0.3) is 0 Å². The molecule has 6 heteroatoms. The van der Waals surface area contributed by atoms with E-state index in [2.05, 4.69) is 6.07 Å². The summed E-state index contributed by atoms with van der Waals surface area (Å²) in [4.78, 5) is 24.8. The standard InChI is InChI=1S/C21H20N2O4/c1-12-3-4-14(11-22)7-16(12)9-18-10-17-8-15(21(26)27)5-6-19(17)23(13(2)24)20(18)25/h3-8,18,20,25H,9-10H2,1-2H3,(H,26,27)/t18-,20+/m1/s1. The largest absolute Gasteiger partial charge is 0.478 e. The van der Waals surface area contributed by atoms with Gasteiger partial charge in [0.15, 0.2) is 0 Å². The van der Waals surface area contributed by atoms with Gasteiger partial charge in [-0.2, -0.15) is 5.26 Å². The van der Waals surface area contributed by atoms with Crippen molar-refractivity contribution in [3.05, 3.63) is 64.2 Å². The number of hydrogen-bond donors (Lipinski definition) is 2. The minimum Gasteiger partial charge on any atom is -0.478 e. The fraction of sp³-hybridized carbons (Fsp3) is 0.286. The number of aliphatic hydroxyl groups excluding tert-OH is 1. The van der Waals surface area contributed by atoms with E-state index < -0.39 is 12.2 Å². The van der Waals surface area contributed by atoms with Gasteiger partial charge in [0, 0.05) is 18.5 Å². The molecule has 0 unspecified atom stereocenters. The summed E-state index contributed by atoms with van der Waals surface area (Å²) in [7, 11) is 0. The summed E-state index contributed by atoms with van der Waals surface area (Å²) in [5.41, 5.74) is 3.88. The van der Waals surface area contributed by atoms with Crippen molar-refractivity contribution in [3.8, 4) is 6.07 Å². The highest BCUT2D eigenvalue weighted by atomic mass is 16.4. The number of benzene rings is 2. The molecular formula is C21H20N2O4. The topological polar surface area (TPSA) is 102 Å². The predicted molar refractivity (Wildman–Crippen MR) is 99.4 cm³/mol. The van der Waals surface area contributed by atoms with Gasteiger partial charge in [0.25, 0.3) is 0 Å². The summed E-state index contributed by atoms with van der Waals surface area (Å²) in [6, 6.07) is 12.1. The molecule has 2 N–H and O–H groups in total. The number of nitrogens with zero attached hydrogens (tertiary/aromatic N) is 2. The number of aliphatic hydroxyl groups is 1. The lowest BCUT2D eigenvalue weighted by molar-refractivity contribution is -0.119. The first kappa shape index (κ1) is 18.6. The van der Waals surface area contributed by atoms with Gasteiger partial charge in [-0.1, -0.05) is 6.07 Å². The van der Waals surface area contributed by atoms with Crippen molar-refractivity contribution < 1.29 is 19.8 Å². The lowest BCUT2D eigenvalue weighted by Crippen LogP contribution is -2.48. The fourth-order valence-corrected chi connectivity index (χ4v) is 3.64. The van der Waals surface area contributed by atoms with Crippen LogP contribution in [0.4, 0.5) is 5.69 Å². The maximum Gasteiger partial charge on any atom is 0.335 e. The van der Waals surface area contributed by atoms with E-state index in [0.717, 1.165) is 16.7 Å². The van der Waals surface area contributed by atoms with E-state index in [0.29, 0.717) is 24.1 Å². The number of carbonyl (C=O) groups excluding carboxylic acids is 1. The van der Waals surface area contributed by atoms with Gasteiger partial charge < -0.3 is 10.2 Å². The normalized spacial score (nSPS) is 18.5. The summed E-state index contributed by atoms with van der Waals surface area (Å²) >= 11 is 0. The molecule has 2 aromatic carbocycles. The molecular weight excluding hydrogens is 344 g/mol. The maximum atomic E-state index is 12.2. The van der Waals surface area contributed by atoms with E-state index in [1.165, 1.54) is 17.9 Å². The number of amides is 1. The Morgan fingerprint density at radius 1 is 1.26 bits per heavy atom. The van der Waals surface area contributed by atoms with Crippen LogP contribution >= 0.6 is 0 Å². The lowest BCUT2D eigenvalue weighted by Gasteiger charge is -2.39. The minimum absolute atomic E-state index is 0.148. The molecule has 1 aliphatic heterocycles. The van der Waals surface area contributed by atoms with Gasteiger partial charge in [0.05, 0.1) is 17.2 Å². The quantitative estimate of drug-likeness (QED) is 0.872. The Morgan fingerprint density at radius 2 is 2.00 bits per heavy atom. The molecule has 3 rings (SSSR count). The molecule has 0 saturated heterocycles. The Labute approximate surface area is 157 Å². The summed E-state index contributed by atoms with van der Waals surface area (Å²) in [5.74, 6) is -1.65. The molecule has 1 aliphatic rings. The second-order valence-corrected chi connectivity index (χ2v) is 6.87. The first-order chi connectivity index (χ1) is 12.8. The Bertz CT molecular complexity index is 961. The molecule has 0 saturated carbocycles. The minimum atomic E-state index is -1.03. The third-order valence-corrected chi connectivity index (χ3v) is 5.05. The van der Waals surface area contributed by atoms with Crippen LogP contribution in [-0.4, -0.2) is 28.3 Å². The molecule has 0 spiro atoms. The van der Waals surface area contributed by atoms with Crippen LogP contribution < -0.4 is 4.90 Å². The molecule has 6 nitrogen and oxygen atoms in total. The summed E-state index contributed by atoms with van der Waals surface area (Å²) < 4.78 is 0. The monoisotopic (exact) mass is 364 g/mol. The average Bonchev–Trinajstić information content (AvgIpc) is 2.63. The summed E-state index contributed by atoms with van der Waals surface area (Å²) in [6.07, 6.45) is -0.100. The van der Waals surface area contributed by atoms with Crippen molar-refractivity contribution in [2.75, 3.05) is 4.90 Å². The van der Waals surface area contributed by atoms with Crippen LogP contribution in [0.1, 0.15) is 39.5 Å². The van der Waals surface area contributed by atoms with Crippen molar-refractivity contribution >= 4 is 17.6 Å². The third kappa shape index (κ3) is 3.55. The molecule has 1 amide bonds. The van der Waals surface area contributed by atoms with E-state index in [9.17, 15) is 19.8 Å². The second-order valence-electron chi connectivity index (χ2n) is 6.87. The van der Waals surface area contributed by atoms with Crippen LogP contribution in [0.15, 0.2) is 36.4 Å². The van der Waals surface area contributed by atoms with Gasteiger partial charge in [-0.25, -0.2) is 4.79 Å². The number of rotatable bonds is 3. The Morgan fingerprint density at radius 3 is 2.63 bits per heavy atom. The van der Waals surface area contributed by atoms with Crippen molar-refractivity contribution in [1.29, 1.82) is 5.26 Å². The first-order valence-corrected chi connectivity index (χ1v) is 8.65. The number of nitriles is 1. The van der Waals surface area contributed by atoms with E-state index in [1.807, 2.05) is 13.0 Å². The van der Waals surface area contributed by atoms with Crippen LogP contribution in [0.2, 0.25) is 0 Å². The molecule has 0 aliphatic carbocycles. The number of hydrogen-bond acceptors (Lipinski definition) is 4. The highest BCUT2D eigenvalue weighted by molar-refractivity contribution is 5.95. The molecule has 0 bridgehead atoms. The molecule has 2 aromatic rings. The molecule has 138 valence electrons.